The Hall–Kier alpha value is -5.93. The molecule has 0 unspecified atom stereocenters. The number of aliphatic carboxylic acids is 1. The number of rotatable bonds is 30. The number of aliphatic hydroxyl groups excluding tert-OH is 3. The summed E-state index contributed by atoms with van der Waals surface area (Å²) in [6, 6.07) is 17.9. The highest BCUT2D eigenvalue weighted by atomic mass is 16.7. The second-order valence-corrected chi connectivity index (χ2v) is 17.7. The second kappa shape index (κ2) is 31.5. The number of Topliss-reactive ketones (excluding diaryl/α,β-unsaturated/α-hetero) is 1. The maximum atomic E-state index is 13.2. The molecule has 2 saturated heterocycles. The number of ketones is 2. The summed E-state index contributed by atoms with van der Waals surface area (Å²) in [5.74, 6) is -1.73. The number of carbonyl (C=O) groups excluding carboxylic acids is 5. The van der Waals surface area contributed by atoms with E-state index in [0.29, 0.717) is 57.3 Å². The Morgan fingerprint density at radius 1 is 0.778 bits per heavy atom. The van der Waals surface area contributed by atoms with Crippen molar-refractivity contribution in [3.63, 3.8) is 0 Å². The summed E-state index contributed by atoms with van der Waals surface area (Å²) < 4.78 is 29.1. The topological polar surface area (TPSA) is 261 Å². The lowest BCUT2D eigenvalue weighted by Gasteiger charge is -2.38. The summed E-state index contributed by atoms with van der Waals surface area (Å²) >= 11 is 0. The van der Waals surface area contributed by atoms with Crippen LogP contribution in [-0.2, 0) is 49.5 Å². The molecule has 2 aromatic carbocycles. The number of ether oxygens (including phenoxy) is 5. The van der Waals surface area contributed by atoms with E-state index in [0.717, 1.165) is 62.7 Å². The predicted molar refractivity (Wildman–Crippen MR) is 264 cm³/mol. The lowest BCUT2D eigenvalue weighted by molar-refractivity contribution is -0.688. The minimum atomic E-state index is -1.93. The summed E-state index contributed by atoms with van der Waals surface area (Å²) in [4.78, 5) is 75.8. The van der Waals surface area contributed by atoms with Crippen LogP contribution >= 0.6 is 0 Å². The van der Waals surface area contributed by atoms with Crippen molar-refractivity contribution in [2.45, 2.75) is 108 Å². The fourth-order valence-electron chi connectivity index (χ4n) is 8.01. The highest BCUT2D eigenvalue weighted by molar-refractivity contribution is 5.94. The molecule has 0 spiro atoms. The number of carbonyl (C=O) groups is 6. The number of amides is 3. The van der Waals surface area contributed by atoms with Crippen molar-refractivity contribution in [2.24, 2.45) is 5.92 Å². The minimum Gasteiger partial charge on any atom is -0.479 e. The van der Waals surface area contributed by atoms with Gasteiger partial charge in [0.05, 0.1) is 45.3 Å². The van der Waals surface area contributed by atoms with E-state index in [4.69, 9.17) is 23.7 Å². The summed E-state index contributed by atoms with van der Waals surface area (Å²) in [5, 5.41) is 46.1. The summed E-state index contributed by atoms with van der Waals surface area (Å²) in [6.07, 6.45) is 4.25. The van der Waals surface area contributed by atoms with Gasteiger partial charge in [0.1, 0.15) is 29.8 Å². The van der Waals surface area contributed by atoms with E-state index in [1.54, 1.807) is 24.3 Å². The van der Waals surface area contributed by atoms with Crippen LogP contribution in [0.4, 0.5) is 5.69 Å². The molecule has 19 heteroatoms. The standard InChI is InChI=1S/C52H68N4O15.CH3/c1-36(57)21-27-67-29-31-69-32-30-68-28-22-44(59)53-23-18-45(60)54-42-33-39(15-17-43(42)70-52-48(63)46(61)47(62)49(71-52)51(65)66)35-55-24-8-10-38(34-55)14-16-41(58)13-7-2-4-9-37-19-25-56(26-20-37)50(64)40-11-5-3-6-12-40;/h3,5-6,8,10-12,14-17,24,33-34,37,46-49,52,61-63H,2,4,7,9,13,18-23,25-32,35H2,1H3,(H2-,53,54,59,60,65,66);1H3/q;-1/p+1/b16-14+;/t46-,47-,48+,49-,52+;/m0./s1. The first-order chi connectivity index (χ1) is 34.3. The molecular formula is C53H72N4O15. The number of carboxylic acid groups (broad SMARTS) is 1. The number of anilines is 1. The number of piperidine rings is 1. The second-order valence-electron chi connectivity index (χ2n) is 17.7. The van der Waals surface area contributed by atoms with E-state index in [1.807, 2.05) is 64.3 Å². The van der Waals surface area contributed by atoms with Gasteiger partial charge in [-0.2, -0.15) is 0 Å². The number of nitrogens with zero attached hydrogens (tertiary/aromatic N) is 2. The maximum Gasteiger partial charge on any atom is 0.335 e. The van der Waals surface area contributed by atoms with E-state index < -0.39 is 42.6 Å². The van der Waals surface area contributed by atoms with Crippen molar-refractivity contribution in [1.29, 1.82) is 0 Å². The fourth-order valence-corrected chi connectivity index (χ4v) is 8.01. The van der Waals surface area contributed by atoms with Crippen LogP contribution in [0.25, 0.3) is 6.08 Å². The number of hydrogen-bond donors (Lipinski definition) is 6. The van der Waals surface area contributed by atoms with E-state index in [1.165, 1.54) is 13.0 Å². The maximum absolute atomic E-state index is 13.2. The number of aromatic nitrogens is 1. The molecule has 3 aromatic rings. The molecule has 72 heavy (non-hydrogen) atoms. The number of likely N-dealkylation sites (tertiary alicyclic amines) is 1. The largest absolute Gasteiger partial charge is 0.479 e. The van der Waals surface area contributed by atoms with Crippen molar-refractivity contribution in [3.05, 3.63) is 103 Å². The molecule has 6 N–H and O–H groups in total. The van der Waals surface area contributed by atoms with Crippen molar-refractivity contribution in [1.82, 2.24) is 10.2 Å². The van der Waals surface area contributed by atoms with Gasteiger partial charge in [0.2, 0.25) is 18.1 Å². The lowest BCUT2D eigenvalue weighted by atomic mass is 9.90. The molecule has 3 heterocycles. The van der Waals surface area contributed by atoms with Gasteiger partial charge in [-0.05, 0) is 80.7 Å². The third kappa shape index (κ3) is 20.3. The van der Waals surface area contributed by atoms with Gasteiger partial charge < -0.3 is 67.1 Å². The molecule has 2 aliphatic rings. The van der Waals surface area contributed by atoms with Crippen molar-refractivity contribution in [3.8, 4) is 5.75 Å². The van der Waals surface area contributed by atoms with Crippen LogP contribution in [0.1, 0.15) is 92.6 Å². The Bertz CT molecular complexity index is 2220. The van der Waals surface area contributed by atoms with Gasteiger partial charge in [-0.25, -0.2) is 9.36 Å². The molecule has 19 nitrogen and oxygen atoms in total. The zero-order chi connectivity index (χ0) is 51.0. The highest BCUT2D eigenvalue weighted by Crippen LogP contribution is 2.31. The zero-order valence-corrected chi connectivity index (χ0v) is 41.4. The molecular weight excluding hydrogens is 933 g/mol. The van der Waals surface area contributed by atoms with Crippen LogP contribution in [0, 0.1) is 13.3 Å². The lowest BCUT2D eigenvalue weighted by Crippen LogP contribution is -2.61. The number of carboxylic acids is 1. The normalized spacial score (nSPS) is 19.1. The molecule has 5 atom stereocenters. The van der Waals surface area contributed by atoms with E-state index in [9.17, 15) is 49.2 Å². The van der Waals surface area contributed by atoms with Crippen LogP contribution in [0.3, 0.4) is 0 Å². The summed E-state index contributed by atoms with van der Waals surface area (Å²) in [7, 11) is 0. The molecule has 2 aliphatic heterocycles. The first-order valence-electron chi connectivity index (χ1n) is 24.3. The van der Waals surface area contributed by atoms with Gasteiger partial charge in [-0.1, -0.05) is 37.5 Å². The molecule has 3 amide bonds. The molecule has 0 saturated carbocycles. The van der Waals surface area contributed by atoms with Crippen molar-refractivity contribution in [2.75, 3.05) is 64.6 Å². The van der Waals surface area contributed by atoms with Crippen LogP contribution < -0.4 is 19.9 Å². The Morgan fingerprint density at radius 2 is 1.47 bits per heavy atom. The number of benzene rings is 2. The van der Waals surface area contributed by atoms with Gasteiger partial charge in [0.15, 0.2) is 30.8 Å². The Kier molecular flexibility index (Phi) is 25.7. The zero-order valence-electron chi connectivity index (χ0n) is 41.4. The van der Waals surface area contributed by atoms with Crippen LogP contribution in [-0.4, -0.2) is 151 Å². The number of allylic oxidation sites excluding steroid dienone is 1. The number of nitrogens with one attached hydrogen (secondary N) is 2. The van der Waals surface area contributed by atoms with Crippen LogP contribution in [0.5, 0.6) is 5.75 Å². The SMILES string of the molecule is CC(=O)CCOCCOCCOCCC(=O)NCCC(=O)Nc1cc(C[n+]2cccc(/C=C/C(=O)CCCCCC3CCN(C(=O)c4ccccc4)CC3)c2)ccc1O[C@@H]1O[C@H](C(=O)O)[C@@H](O)[C@H](O)[C@H]1O.[CH3-]. The fraction of sp³-hybridized carbons (Fsp3) is 0.509. The van der Waals surface area contributed by atoms with Crippen molar-refractivity contribution < 1.29 is 77.4 Å². The first kappa shape index (κ1) is 58.6. The molecule has 0 radical (unpaired) electrons. The van der Waals surface area contributed by atoms with Gasteiger partial charge in [0.25, 0.3) is 5.91 Å². The highest BCUT2D eigenvalue weighted by Gasteiger charge is 2.48. The monoisotopic (exact) mass is 1000 g/mol. The number of hydrogen-bond acceptors (Lipinski definition) is 14. The smallest absolute Gasteiger partial charge is 0.335 e. The Labute approximate surface area is 421 Å². The minimum absolute atomic E-state index is 0. The molecule has 394 valence electrons. The van der Waals surface area contributed by atoms with Crippen LogP contribution in [0.15, 0.2) is 79.1 Å². The number of aliphatic hydroxyl groups is 3. The average molecular weight is 1010 g/mol. The molecule has 1 aromatic heterocycles. The summed E-state index contributed by atoms with van der Waals surface area (Å²) in [6.45, 7) is 5.07. The Morgan fingerprint density at radius 3 is 2.17 bits per heavy atom. The van der Waals surface area contributed by atoms with Gasteiger partial charge in [0, 0.05) is 68.1 Å². The molecule has 5 rings (SSSR count). The van der Waals surface area contributed by atoms with E-state index in [-0.39, 0.29) is 74.8 Å². The van der Waals surface area contributed by atoms with E-state index in [2.05, 4.69) is 10.6 Å². The third-order valence-electron chi connectivity index (χ3n) is 12.0. The number of unbranched alkanes of at least 4 members (excludes halogenated alkanes) is 2. The molecule has 0 bridgehead atoms. The summed E-state index contributed by atoms with van der Waals surface area (Å²) in [5.41, 5.74) is 2.31. The van der Waals surface area contributed by atoms with Crippen LogP contribution in [0.2, 0.25) is 0 Å². The van der Waals surface area contributed by atoms with Crippen molar-refractivity contribution >= 4 is 47.0 Å². The predicted octanol–water partition coefficient (Wildman–Crippen LogP) is 3.69. The number of pyridine rings is 1. The Balaban J connectivity index is 0.0000112. The third-order valence-corrected chi connectivity index (χ3v) is 12.0. The first-order valence-corrected chi connectivity index (χ1v) is 24.3. The van der Waals surface area contributed by atoms with Gasteiger partial charge >= 0.3 is 5.97 Å². The van der Waals surface area contributed by atoms with Gasteiger partial charge in [-0.15, -0.1) is 0 Å². The average Bonchev–Trinajstić information content (AvgIpc) is 3.35. The van der Waals surface area contributed by atoms with E-state index >= 15 is 0 Å². The molecule has 0 aliphatic carbocycles. The quantitative estimate of drug-likeness (QED) is 0.0241. The molecule has 2 fully saturated rings. The van der Waals surface area contributed by atoms with Gasteiger partial charge in [-0.3, -0.25) is 24.0 Å².